The third-order valence-electron chi connectivity index (χ3n) is 7.67. The number of nitrogens with zero attached hydrogens (tertiary/aromatic N) is 3. The SMILES string of the molecule is O=C1N[C@](c2ccccn2)(C2CCN(Cc3cc4ccccc4o3)CC2)C(=O)N1C[C@H]1CCCO1. The topological polar surface area (TPSA) is 87.9 Å². The zero-order valence-corrected chi connectivity index (χ0v) is 19.7. The van der Waals surface area contributed by atoms with Crippen LogP contribution in [0.3, 0.4) is 0 Å². The van der Waals surface area contributed by atoms with E-state index < -0.39 is 5.54 Å². The van der Waals surface area contributed by atoms with E-state index in [1.54, 1.807) is 6.20 Å². The molecule has 2 aromatic heterocycles. The van der Waals surface area contributed by atoms with Crippen LogP contribution in [-0.4, -0.2) is 59.1 Å². The van der Waals surface area contributed by atoms with Crippen molar-refractivity contribution in [1.29, 1.82) is 0 Å². The highest BCUT2D eigenvalue weighted by molar-refractivity contribution is 6.07. The second-order valence-corrected chi connectivity index (χ2v) is 9.80. The van der Waals surface area contributed by atoms with Crippen molar-refractivity contribution < 1.29 is 18.7 Å². The van der Waals surface area contributed by atoms with E-state index in [9.17, 15) is 9.59 Å². The van der Waals surface area contributed by atoms with E-state index in [1.807, 2.05) is 36.4 Å². The Morgan fingerprint density at radius 1 is 1.06 bits per heavy atom. The van der Waals surface area contributed by atoms with Gasteiger partial charge in [0.05, 0.1) is 24.9 Å². The molecule has 3 amide bonds. The van der Waals surface area contributed by atoms with Crippen LogP contribution in [0.2, 0.25) is 0 Å². The number of nitrogens with one attached hydrogen (secondary N) is 1. The van der Waals surface area contributed by atoms with Crippen molar-refractivity contribution in [2.75, 3.05) is 26.2 Å². The highest BCUT2D eigenvalue weighted by Crippen LogP contribution is 2.41. The fourth-order valence-electron chi connectivity index (χ4n) is 5.87. The number of benzene rings is 1. The van der Waals surface area contributed by atoms with Gasteiger partial charge in [-0.25, -0.2) is 4.79 Å². The largest absolute Gasteiger partial charge is 0.460 e. The molecular weight excluding hydrogens is 444 g/mol. The van der Waals surface area contributed by atoms with Crippen molar-refractivity contribution in [1.82, 2.24) is 20.1 Å². The zero-order chi connectivity index (χ0) is 23.8. The molecule has 0 unspecified atom stereocenters. The van der Waals surface area contributed by atoms with Gasteiger partial charge < -0.3 is 14.5 Å². The number of pyridine rings is 1. The number of hydrogen-bond donors (Lipinski definition) is 1. The minimum atomic E-state index is -1.14. The van der Waals surface area contributed by atoms with E-state index in [-0.39, 0.29) is 24.0 Å². The number of rotatable bonds is 6. The number of carbonyl (C=O) groups excluding carboxylic acids is 2. The predicted octanol–water partition coefficient (Wildman–Crippen LogP) is 3.67. The minimum absolute atomic E-state index is 0.0460. The van der Waals surface area contributed by atoms with Crippen LogP contribution in [0.4, 0.5) is 4.79 Å². The highest BCUT2D eigenvalue weighted by Gasteiger charge is 2.58. The molecule has 0 spiro atoms. The molecule has 0 radical (unpaired) electrons. The van der Waals surface area contributed by atoms with E-state index in [1.165, 1.54) is 4.90 Å². The molecule has 3 aromatic rings. The Kier molecular flexibility index (Phi) is 5.78. The normalized spacial score (nSPS) is 26.1. The van der Waals surface area contributed by atoms with Crippen LogP contribution >= 0.6 is 0 Å². The average molecular weight is 475 g/mol. The van der Waals surface area contributed by atoms with Crippen molar-refractivity contribution in [3.63, 3.8) is 0 Å². The summed E-state index contributed by atoms with van der Waals surface area (Å²) < 4.78 is 11.7. The lowest BCUT2D eigenvalue weighted by Crippen LogP contribution is -2.54. The summed E-state index contributed by atoms with van der Waals surface area (Å²) in [6.45, 7) is 3.33. The molecular formula is C27H30N4O4. The molecule has 3 fully saturated rings. The van der Waals surface area contributed by atoms with Gasteiger partial charge in [0.2, 0.25) is 0 Å². The van der Waals surface area contributed by atoms with Crippen LogP contribution in [0.1, 0.15) is 37.1 Å². The quantitative estimate of drug-likeness (QED) is 0.549. The summed E-state index contributed by atoms with van der Waals surface area (Å²) in [5.74, 6) is 0.694. The maximum Gasteiger partial charge on any atom is 0.325 e. The van der Waals surface area contributed by atoms with Crippen molar-refractivity contribution in [2.24, 2.45) is 5.92 Å². The maximum atomic E-state index is 13.9. The number of para-hydroxylation sites is 1. The van der Waals surface area contributed by atoms with Crippen LogP contribution in [0, 0.1) is 5.92 Å². The van der Waals surface area contributed by atoms with Crippen molar-refractivity contribution >= 4 is 22.9 Å². The molecule has 35 heavy (non-hydrogen) atoms. The van der Waals surface area contributed by atoms with Crippen LogP contribution in [0.25, 0.3) is 11.0 Å². The first-order chi connectivity index (χ1) is 17.1. The standard InChI is InChI=1S/C27H30N4O4/c32-25-27(24-9-3-4-12-28-24,29-26(33)31(25)18-21-7-5-15-34-21)20-10-13-30(14-11-20)17-22-16-19-6-1-2-8-23(19)35-22/h1-4,6,8-9,12,16,20-21H,5,7,10-11,13-15,17-18H2,(H,29,33)/t21-,27+/m1/s1. The fourth-order valence-corrected chi connectivity index (χ4v) is 5.87. The summed E-state index contributed by atoms with van der Waals surface area (Å²) in [6.07, 6.45) is 4.98. The Morgan fingerprint density at radius 3 is 2.63 bits per heavy atom. The average Bonchev–Trinajstić information content (AvgIpc) is 3.60. The summed E-state index contributed by atoms with van der Waals surface area (Å²) in [7, 11) is 0. The number of furan rings is 1. The Hall–Kier alpha value is -3.23. The van der Waals surface area contributed by atoms with Crippen molar-refractivity contribution in [3.05, 3.63) is 66.2 Å². The first-order valence-electron chi connectivity index (χ1n) is 12.5. The lowest BCUT2D eigenvalue weighted by Gasteiger charge is -2.40. The molecule has 6 rings (SSSR count). The number of likely N-dealkylation sites (tertiary alicyclic amines) is 1. The molecule has 0 aliphatic carbocycles. The number of urea groups is 1. The number of aromatic nitrogens is 1. The van der Waals surface area contributed by atoms with Gasteiger partial charge in [-0.15, -0.1) is 0 Å². The third-order valence-corrected chi connectivity index (χ3v) is 7.67. The van der Waals surface area contributed by atoms with Crippen molar-refractivity contribution in [3.8, 4) is 0 Å². The van der Waals surface area contributed by atoms with E-state index in [0.29, 0.717) is 18.8 Å². The first kappa shape index (κ1) is 22.2. The summed E-state index contributed by atoms with van der Waals surface area (Å²) >= 11 is 0. The molecule has 3 aliphatic heterocycles. The molecule has 2 atom stereocenters. The smallest absolute Gasteiger partial charge is 0.325 e. The first-order valence-corrected chi connectivity index (χ1v) is 12.5. The fraction of sp³-hybridized carbons (Fsp3) is 0.444. The van der Waals surface area contributed by atoms with Gasteiger partial charge in [-0.2, -0.15) is 0 Å². The zero-order valence-electron chi connectivity index (χ0n) is 19.7. The number of piperidine rings is 1. The van der Waals surface area contributed by atoms with Gasteiger partial charge in [-0.05, 0) is 69.0 Å². The Morgan fingerprint density at radius 2 is 1.89 bits per heavy atom. The summed E-state index contributed by atoms with van der Waals surface area (Å²) in [5, 5.41) is 4.20. The highest BCUT2D eigenvalue weighted by atomic mass is 16.5. The number of ether oxygens (including phenoxy) is 1. The molecule has 3 saturated heterocycles. The molecule has 1 N–H and O–H groups in total. The van der Waals surface area contributed by atoms with E-state index in [0.717, 1.165) is 62.0 Å². The molecule has 8 nitrogen and oxygen atoms in total. The van der Waals surface area contributed by atoms with Crippen LogP contribution in [0.5, 0.6) is 0 Å². The predicted molar refractivity (Wildman–Crippen MR) is 129 cm³/mol. The van der Waals surface area contributed by atoms with Gasteiger partial charge in [0.25, 0.3) is 5.91 Å². The Balaban J connectivity index is 1.21. The minimum Gasteiger partial charge on any atom is -0.460 e. The summed E-state index contributed by atoms with van der Waals surface area (Å²) in [6, 6.07) is 15.4. The molecule has 5 heterocycles. The Labute approximate surface area is 204 Å². The summed E-state index contributed by atoms with van der Waals surface area (Å²) in [5.41, 5.74) is 0.378. The molecule has 0 bridgehead atoms. The molecule has 3 aliphatic rings. The van der Waals surface area contributed by atoms with Crippen LogP contribution < -0.4 is 5.32 Å². The second-order valence-electron chi connectivity index (χ2n) is 9.80. The van der Waals surface area contributed by atoms with Gasteiger partial charge in [-0.1, -0.05) is 24.3 Å². The van der Waals surface area contributed by atoms with Gasteiger partial charge >= 0.3 is 6.03 Å². The number of imide groups is 1. The van der Waals surface area contributed by atoms with Crippen molar-refractivity contribution in [2.45, 2.75) is 43.9 Å². The number of hydrogen-bond acceptors (Lipinski definition) is 6. The lowest BCUT2D eigenvalue weighted by molar-refractivity contribution is -0.135. The van der Waals surface area contributed by atoms with E-state index >= 15 is 0 Å². The molecule has 8 heteroatoms. The summed E-state index contributed by atoms with van der Waals surface area (Å²) in [4.78, 5) is 35.3. The molecule has 182 valence electrons. The van der Waals surface area contributed by atoms with Gasteiger partial charge in [-0.3, -0.25) is 19.6 Å². The monoisotopic (exact) mass is 474 g/mol. The van der Waals surface area contributed by atoms with E-state index in [2.05, 4.69) is 27.3 Å². The number of amides is 3. The molecule has 1 aromatic carbocycles. The molecule has 0 saturated carbocycles. The van der Waals surface area contributed by atoms with Gasteiger partial charge in [0, 0.05) is 18.2 Å². The van der Waals surface area contributed by atoms with Gasteiger partial charge in [0.15, 0.2) is 5.54 Å². The second kappa shape index (κ2) is 9.09. The van der Waals surface area contributed by atoms with Crippen LogP contribution in [0.15, 0.2) is 59.1 Å². The number of fused-ring (bicyclic) bond motifs is 1. The van der Waals surface area contributed by atoms with Crippen LogP contribution in [-0.2, 0) is 21.6 Å². The maximum absolute atomic E-state index is 13.9. The Bertz CT molecular complexity index is 1180. The third kappa shape index (κ3) is 4.00. The van der Waals surface area contributed by atoms with Gasteiger partial charge in [0.1, 0.15) is 11.3 Å². The number of carbonyl (C=O) groups is 2. The lowest BCUT2D eigenvalue weighted by atomic mass is 9.75. The van der Waals surface area contributed by atoms with E-state index in [4.69, 9.17) is 9.15 Å².